The lowest BCUT2D eigenvalue weighted by Gasteiger charge is -2.24. The molecule has 1 N–H and O–H groups in total. The monoisotopic (exact) mass is 314 g/mol. The number of carbonyl (C=O) groups excluding carboxylic acids is 1. The molecule has 1 aliphatic heterocycles. The molecule has 0 unspecified atom stereocenters. The van der Waals surface area contributed by atoms with Gasteiger partial charge in [-0.25, -0.2) is 0 Å². The molecular weight excluding hydrogens is 296 g/mol. The third-order valence-electron chi connectivity index (χ3n) is 4.04. The summed E-state index contributed by atoms with van der Waals surface area (Å²) in [6, 6.07) is 16.2. The molecule has 114 valence electrons. The Hall–Kier alpha value is -2.00. The molecule has 1 heterocycles. The normalized spacial score (nSPS) is 16.5. The first-order chi connectivity index (χ1) is 10.6. The molecule has 0 saturated carbocycles. The van der Waals surface area contributed by atoms with E-state index in [1.807, 2.05) is 36.4 Å². The van der Waals surface area contributed by atoms with E-state index in [4.69, 9.17) is 11.6 Å². The number of nitrogens with one attached hydrogen (secondary N) is 1. The van der Waals surface area contributed by atoms with Gasteiger partial charge in [0.05, 0.1) is 6.54 Å². The van der Waals surface area contributed by atoms with Crippen LogP contribution in [0.1, 0.15) is 18.1 Å². The number of halogens is 1. The summed E-state index contributed by atoms with van der Waals surface area (Å²) in [5.41, 5.74) is 3.50. The summed E-state index contributed by atoms with van der Waals surface area (Å²) in [6.07, 6.45) is 0.998. The van der Waals surface area contributed by atoms with Gasteiger partial charge >= 0.3 is 0 Å². The maximum Gasteiger partial charge on any atom is 0.239 e. The van der Waals surface area contributed by atoms with Gasteiger partial charge in [-0.3, -0.25) is 4.79 Å². The highest BCUT2D eigenvalue weighted by Crippen LogP contribution is 2.31. The van der Waals surface area contributed by atoms with Crippen LogP contribution < -0.4 is 10.2 Å². The first-order valence-corrected chi connectivity index (χ1v) is 7.87. The molecule has 0 spiro atoms. The number of fused-ring (bicyclic) bond motifs is 1. The Morgan fingerprint density at radius 1 is 1.27 bits per heavy atom. The minimum Gasteiger partial charge on any atom is -0.359 e. The van der Waals surface area contributed by atoms with Crippen molar-refractivity contribution in [3.05, 3.63) is 64.7 Å². The first-order valence-electron chi connectivity index (χ1n) is 7.49. The Morgan fingerprint density at radius 2 is 2.09 bits per heavy atom. The predicted octanol–water partition coefficient (Wildman–Crippen LogP) is 3.41. The van der Waals surface area contributed by atoms with E-state index in [1.165, 1.54) is 11.3 Å². The summed E-state index contributed by atoms with van der Waals surface area (Å²) < 4.78 is 0. The highest BCUT2D eigenvalue weighted by atomic mass is 35.5. The van der Waals surface area contributed by atoms with Gasteiger partial charge in [-0.15, -0.1) is 0 Å². The van der Waals surface area contributed by atoms with Crippen LogP contribution in [0.15, 0.2) is 48.5 Å². The summed E-state index contributed by atoms with van der Waals surface area (Å²) in [4.78, 5) is 14.4. The zero-order valence-electron chi connectivity index (χ0n) is 12.6. The number of benzene rings is 2. The Labute approximate surface area is 135 Å². The van der Waals surface area contributed by atoms with Gasteiger partial charge in [0, 0.05) is 23.3 Å². The number of carbonyl (C=O) groups is 1. The number of amides is 1. The number of hydrogen-bond acceptors (Lipinski definition) is 2. The van der Waals surface area contributed by atoms with Crippen LogP contribution in [0.2, 0.25) is 5.02 Å². The van der Waals surface area contributed by atoms with Crippen molar-refractivity contribution in [1.82, 2.24) is 5.32 Å². The second-order valence-corrected chi connectivity index (χ2v) is 6.15. The molecular formula is C18H19ClN2O. The molecule has 0 aromatic heterocycles. The number of nitrogens with zero attached hydrogens (tertiary/aromatic N) is 1. The zero-order valence-corrected chi connectivity index (χ0v) is 13.3. The second-order valence-electron chi connectivity index (χ2n) is 5.72. The molecule has 4 heteroatoms. The van der Waals surface area contributed by atoms with Crippen molar-refractivity contribution >= 4 is 23.2 Å². The highest BCUT2D eigenvalue weighted by Gasteiger charge is 2.26. The van der Waals surface area contributed by atoms with Crippen molar-refractivity contribution < 1.29 is 4.79 Å². The Balaban J connectivity index is 1.60. The van der Waals surface area contributed by atoms with Gasteiger partial charge in [-0.2, -0.15) is 0 Å². The zero-order chi connectivity index (χ0) is 15.5. The number of hydrogen-bond donors (Lipinski definition) is 1. The van der Waals surface area contributed by atoms with Gasteiger partial charge in [0.25, 0.3) is 0 Å². The van der Waals surface area contributed by atoms with E-state index in [0.717, 1.165) is 12.0 Å². The second kappa shape index (κ2) is 6.41. The fourth-order valence-corrected chi connectivity index (χ4v) is 3.14. The van der Waals surface area contributed by atoms with Gasteiger partial charge in [-0.05, 0) is 42.7 Å². The topological polar surface area (TPSA) is 32.3 Å². The molecule has 0 bridgehead atoms. The lowest BCUT2D eigenvalue weighted by Crippen LogP contribution is -2.39. The number of anilines is 1. The minimum atomic E-state index is 0.0310. The molecule has 0 fully saturated rings. The van der Waals surface area contributed by atoms with Crippen LogP contribution in [-0.2, 0) is 17.8 Å². The maximum atomic E-state index is 12.2. The molecule has 3 rings (SSSR count). The van der Waals surface area contributed by atoms with Gasteiger partial charge in [0.2, 0.25) is 5.91 Å². The molecule has 0 radical (unpaired) electrons. The lowest BCUT2D eigenvalue weighted by atomic mass is 10.1. The maximum absolute atomic E-state index is 12.2. The van der Waals surface area contributed by atoms with Crippen LogP contribution in [0.3, 0.4) is 0 Å². The van der Waals surface area contributed by atoms with Crippen LogP contribution in [-0.4, -0.2) is 18.5 Å². The van der Waals surface area contributed by atoms with Gasteiger partial charge < -0.3 is 10.2 Å². The van der Waals surface area contributed by atoms with E-state index < -0.39 is 0 Å². The van der Waals surface area contributed by atoms with Crippen molar-refractivity contribution in [3.63, 3.8) is 0 Å². The van der Waals surface area contributed by atoms with E-state index >= 15 is 0 Å². The van der Waals surface area contributed by atoms with E-state index in [-0.39, 0.29) is 5.91 Å². The number of para-hydroxylation sites is 1. The molecule has 22 heavy (non-hydrogen) atoms. The number of rotatable bonds is 4. The summed E-state index contributed by atoms with van der Waals surface area (Å²) in [5.74, 6) is 0.0310. The van der Waals surface area contributed by atoms with Crippen molar-refractivity contribution in [3.8, 4) is 0 Å². The molecule has 1 amide bonds. The van der Waals surface area contributed by atoms with Gasteiger partial charge in [-0.1, -0.05) is 41.9 Å². The third kappa shape index (κ3) is 3.25. The third-order valence-corrected chi connectivity index (χ3v) is 4.28. The van der Waals surface area contributed by atoms with Crippen molar-refractivity contribution in [2.75, 3.05) is 11.4 Å². The van der Waals surface area contributed by atoms with Crippen molar-refractivity contribution in [2.45, 2.75) is 25.9 Å². The van der Waals surface area contributed by atoms with E-state index in [1.54, 1.807) is 0 Å². The van der Waals surface area contributed by atoms with Crippen LogP contribution in [0.4, 0.5) is 5.69 Å². The molecule has 1 atom stereocenters. The van der Waals surface area contributed by atoms with Crippen LogP contribution in [0.25, 0.3) is 0 Å². The fourth-order valence-electron chi connectivity index (χ4n) is 2.93. The van der Waals surface area contributed by atoms with E-state index in [0.29, 0.717) is 24.2 Å². The minimum absolute atomic E-state index is 0.0310. The highest BCUT2D eigenvalue weighted by molar-refractivity contribution is 6.30. The predicted molar refractivity (Wildman–Crippen MR) is 90.3 cm³/mol. The lowest BCUT2D eigenvalue weighted by molar-refractivity contribution is -0.120. The van der Waals surface area contributed by atoms with Crippen molar-refractivity contribution in [2.24, 2.45) is 0 Å². The summed E-state index contributed by atoms with van der Waals surface area (Å²) >= 11 is 5.95. The molecule has 2 aromatic carbocycles. The summed E-state index contributed by atoms with van der Waals surface area (Å²) in [5, 5.41) is 3.65. The summed E-state index contributed by atoms with van der Waals surface area (Å²) in [7, 11) is 0. The average molecular weight is 315 g/mol. The molecule has 1 aliphatic rings. The Bertz CT molecular complexity index is 686. The SMILES string of the molecule is C[C@@H]1Cc2ccccc2N1CC(=O)NCc1cccc(Cl)c1. The van der Waals surface area contributed by atoms with E-state index in [9.17, 15) is 4.79 Å². The van der Waals surface area contributed by atoms with Gasteiger partial charge in [0.15, 0.2) is 0 Å². The van der Waals surface area contributed by atoms with Gasteiger partial charge in [0.1, 0.15) is 0 Å². The average Bonchev–Trinajstić information content (AvgIpc) is 2.81. The molecule has 0 saturated heterocycles. The smallest absolute Gasteiger partial charge is 0.239 e. The van der Waals surface area contributed by atoms with E-state index in [2.05, 4.69) is 29.3 Å². The molecule has 3 nitrogen and oxygen atoms in total. The Kier molecular flexibility index (Phi) is 4.34. The largest absolute Gasteiger partial charge is 0.359 e. The molecule has 2 aromatic rings. The van der Waals surface area contributed by atoms with Crippen LogP contribution in [0, 0.1) is 0 Å². The Morgan fingerprint density at radius 3 is 2.91 bits per heavy atom. The quantitative estimate of drug-likeness (QED) is 0.938. The van der Waals surface area contributed by atoms with Crippen LogP contribution in [0.5, 0.6) is 0 Å². The standard InChI is InChI=1S/C18H19ClN2O/c1-13-9-15-6-2-3-8-17(15)21(13)12-18(22)20-11-14-5-4-7-16(19)10-14/h2-8,10,13H,9,11-12H2,1H3,(H,20,22)/t13-/m1/s1. The molecule has 0 aliphatic carbocycles. The van der Waals surface area contributed by atoms with Crippen molar-refractivity contribution in [1.29, 1.82) is 0 Å². The first kappa shape index (κ1) is 14.9. The van der Waals surface area contributed by atoms with Crippen LogP contribution >= 0.6 is 11.6 Å². The fraction of sp³-hybridized carbons (Fsp3) is 0.278. The summed E-state index contributed by atoms with van der Waals surface area (Å²) in [6.45, 7) is 3.05.